The fraction of sp³-hybridized carbons (Fsp3) is 0.625. The Hall–Kier alpha value is -0.820. The van der Waals surface area contributed by atoms with Gasteiger partial charge in [0.2, 0.25) is 0 Å². The Kier molecular flexibility index (Phi) is 6.28. The van der Waals surface area contributed by atoms with E-state index >= 15 is 0 Å². The monoisotopic (exact) mass is 233 g/mol. The topological polar surface area (TPSA) is 3.24 Å². The van der Waals surface area contributed by atoms with Crippen molar-refractivity contribution in [2.45, 2.75) is 53.1 Å². The maximum Gasteiger partial charge on any atom is 0.0236 e. The van der Waals surface area contributed by atoms with E-state index in [2.05, 4.69) is 49.1 Å². The smallest absolute Gasteiger partial charge is 0.0236 e. The molecular weight excluding hydrogens is 206 g/mol. The molecule has 2 unspecified atom stereocenters. The summed E-state index contributed by atoms with van der Waals surface area (Å²) in [6, 6.07) is 11.5. The molecule has 1 nitrogen and oxygen atoms in total. The minimum absolute atomic E-state index is 0.744. The first kappa shape index (κ1) is 14.2. The minimum Gasteiger partial charge on any atom is -0.296 e. The van der Waals surface area contributed by atoms with Crippen molar-refractivity contribution < 1.29 is 0 Å². The van der Waals surface area contributed by atoms with Gasteiger partial charge in [0.25, 0.3) is 0 Å². The zero-order valence-corrected chi connectivity index (χ0v) is 11.8. The average Bonchev–Trinajstić information content (AvgIpc) is 2.37. The standard InChI is InChI=1S/C14H21N.C2H6/c1-12-8-9-15(13(2)10-12)11-14-6-4-3-5-7-14;1-2/h3-7,12-13H,8-11H2,1-2H3;1-2H3. The second-order valence-electron chi connectivity index (χ2n) is 4.93. The Morgan fingerprint density at radius 1 is 1.12 bits per heavy atom. The van der Waals surface area contributed by atoms with E-state index in [0.717, 1.165) is 18.5 Å². The zero-order valence-electron chi connectivity index (χ0n) is 11.8. The lowest BCUT2D eigenvalue weighted by atomic mass is 9.93. The second-order valence-corrected chi connectivity index (χ2v) is 4.93. The molecule has 1 heteroatoms. The van der Waals surface area contributed by atoms with Gasteiger partial charge in [-0.3, -0.25) is 4.90 Å². The van der Waals surface area contributed by atoms with Crippen LogP contribution in [0.5, 0.6) is 0 Å². The molecule has 2 rings (SSSR count). The van der Waals surface area contributed by atoms with E-state index in [1.165, 1.54) is 24.9 Å². The van der Waals surface area contributed by atoms with Gasteiger partial charge in [0.05, 0.1) is 0 Å². The molecule has 0 saturated carbocycles. The molecule has 1 aliphatic rings. The van der Waals surface area contributed by atoms with E-state index in [0.29, 0.717) is 0 Å². The van der Waals surface area contributed by atoms with E-state index in [-0.39, 0.29) is 0 Å². The molecule has 1 heterocycles. The van der Waals surface area contributed by atoms with Crippen molar-refractivity contribution in [1.29, 1.82) is 0 Å². The number of likely N-dealkylation sites (tertiary alicyclic amines) is 1. The molecule has 0 radical (unpaired) electrons. The highest BCUT2D eigenvalue weighted by Gasteiger charge is 2.22. The maximum absolute atomic E-state index is 2.61. The summed E-state index contributed by atoms with van der Waals surface area (Å²) in [5.74, 6) is 0.909. The Morgan fingerprint density at radius 2 is 1.76 bits per heavy atom. The summed E-state index contributed by atoms with van der Waals surface area (Å²) in [6.45, 7) is 11.1. The predicted molar refractivity (Wildman–Crippen MR) is 76.1 cm³/mol. The first-order valence-corrected chi connectivity index (χ1v) is 7.03. The Balaban J connectivity index is 0.000000686. The number of piperidine rings is 1. The van der Waals surface area contributed by atoms with Gasteiger partial charge in [-0.25, -0.2) is 0 Å². The summed E-state index contributed by atoms with van der Waals surface area (Å²) in [5.41, 5.74) is 1.44. The lowest BCUT2D eigenvalue weighted by Crippen LogP contribution is -2.39. The zero-order chi connectivity index (χ0) is 12.7. The Morgan fingerprint density at radius 3 is 2.35 bits per heavy atom. The third-order valence-corrected chi connectivity index (χ3v) is 3.50. The SMILES string of the molecule is CC.CC1CCN(Cc2ccccc2)C(C)C1. The normalized spacial score (nSPS) is 24.9. The summed E-state index contributed by atoms with van der Waals surface area (Å²) >= 11 is 0. The molecule has 0 aromatic heterocycles. The van der Waals surface area contributed by atoms with Crippen molar-refractivity contribution in [3.63, 3.8) is 0 Å². The Labute approximate surface area is 107 Å². The Bertz CT molecular complexity index is 294. The van der Waals surface area contributed by atoms with Gasteiger partial charge in [0.15, 0.2) is 0 Å². The van der Waals surface area contributed by atoms with E-state index in [9.17, 15) is 0 Å². The summed E-state index contributed by atoms with van der Waals surface area (Å²) in [6.07, 6.45) is 2.71. The van der Waals surface area contributed by atoms with Gasteiger partial charge in [-0.05, 0) is 37.8 Å². The van der Waals surface area contributed by atoms with Crippen LogP contribution in [0.4, 0.5) is 0 Å². The summed E-state index contributed by atoms with van der Waals surface area (Å²) in [5, 5.41) is 0. The third-order valence-electron chi connectivity index (χ3n) is 3.50. The van der Waals surface area contributed by atoms with Gasteiger partial charge in [0, 0.05) is 12.6 Å². The van der Waals surface area contributed by atoms with Gasteiger partial charge in [0.1, 0.15) is 0 Å². The quantitative estimate of drug-likeness (QED) is 0.735. The lowest BCUT2D eigenvalue weighted by Gasteiger charge is -2.36. The molecule has 0 spiro atoms. The van der Waals surface area contributed by atoms with Crippen LogP contribution in [0, 0.1) is 5.92 Å². The molecule has 1 fully saturated rings. The van der Waals surface area contributed by atoms with Crippen LogP contribution in [0.25, 0.3) is 0 Å². The number of rotatable bonds is 2. The average molecular weight is 233 g/mol. The van der Waals surface area contributed by atoms with Crippen LogP contribution >= 0.6 is 0 Å². The van der Waals surface area contributed by atoms with Crippen LogP contribution in [0.15, 0.2) is 30.3 Å². The van der Waals surface area contributed by atoms with E-state index in [1.807, 2.05) is 13.8 Å². The predicted octanol–water partition coefficient (Wildman–Crippen LogP) is 4.33. The molecule has 0 bridgehead atoms. The van der Waals surface area contributed by atoms with Crippen molar-refractivity contribution >= 4 is 0 Å². The van der Waals surface area contributed by atoms with Gasteiger partial charge < -0.3 is 0 Å². The molecule has 96 valence electrons. The number of hydrogen-bond acceptors (Lipinski definition) is 1. The van der Waals surface area contributed by atoms with E-state index in [1.54, 1.807) is 0 Å². The molecule has 1 aromatic rings. The fourth-order valence-electron chi connectivity index (χ4n) is 2.51. The largest absolute Gasteiger partial charge is 0.296 e. The van der Waals surface area contributed by atoms with Crippen LogP contribution in [-0.2, 0) is 6.54 Å². The fourth-order valence-corrected chi connectivity index (χ4v) is 2.51. The van der Waals surface area contributed by atoms with Crippen LogP contribution in [0.3, 0.4) is 0 Å². The molecule has 0 amide bonds. The van der Waals surface area contributed by atoms with Crippen molar-refractivity contribution in [1.82, 2.24) is 4.90 Å². The molecular formula is C16H27N. The van der Waals surface area contributed by atoms with Crippen molar-refractivity contribution in [3.8, 4) is 0 Å². The third kappa shape index (κ3) is 4.51. The van der Waals surface area contributed by atoms with Crippen LogP contribution in [0.2, 0.25) is 0 Å². The first-order chi connectivity index (χ1) is 8.25. The highest BCUT2D eigenvalue weighted by Crippen LogP contribution is 2.23. The lowest BCUT2D eigenvalue weighted by molar-refractivity contribution is 0.122. The molecule has 0 aliphatic carbocycles. The van der Waals surface area contributed by atoms with E-state index in [4.69, 9.17) is 0 Å². The summed E-state index contributed by atoms with van der Waals surface area (Å²) < 4.78 is 0. The maximum atomic E-state index is 2.61. The molecule has 0 N–H and O–H groups in total. The highest BCUT2D eigenvalue weighted by molar-refractivity contribution is 5.14. The number of benzene rings is 1. The molecule has 1 saturated heterocycles. The van der Waals surface area contributed by atoms with Gasteiger partial charge in [-0.2, -0.15) is 0 Å². The minimum atomic E-state index is 0.744. The first-order valence-electron chi connectivity index (χ1n) is 7.03. The highest BCUT2D eigenvalue weighted by atomic mass is 15.2. The molecule has 2 atom stereocenters. The van der Waals surface area contributed by atoms with Gasteiger partial charge in [-0.1, -0.05) is 51.1 Å². The van der Waals surface area contributed by atoms with Crippen LogP contribution < -0.4 is 0 Å². The van der Waals surface area contributed by atoms with Crippen molar-refractivity contribution in [3.05, 3.63) is 35.9 Å². The second kappa shape index (κ2) is 7.50. The van der Waals surface area contributed by atoms with Crippen molar-refractivity contribution in [2.75, 3.05) is 6.54 Å². The molecule has 17 heavy (non-hydrogen) atoms. The van der Waals surface area contributed by atoms with Gasteiger partial charge >= 0.3 is 0 Å². The summed E-state index contributed by atoms with van der Waals surface area (Å²) in [4.78, 5) is 2.61. The molecule has 1 aromatic carbocycles. The van der Waals surface area contributed by atoms with E-state index < -0.39 is 0 Å². The molecule has 1 aliphatic heterocycles. The number of nitrogens with zero attached hydrogens (tertiary/aromatic N) is 1. The van der Waals surface area contributed by atoms with Crippen LogP contribution in [-0.4, -0.2) is 17.5 Å². The van der Waals surface area contributed by atoms with Gasteiger partial charge in [-0.15, -0.1) is 0 Å². The summed E-state index contributed by atoms with van der Waals surface area (Å²) in [7, 11) is 0. The number of hydrogen-bond donors (Lipinski definition) is 0. The van der Waals surface area contributed by atoms with Crippen molar-refractivity contribution in [2.24, 2.45) is 5.92 Å². The van der Waals surface area contributed by atoms with Crippen LogP contribution in [0.1, 0.15) is 46.1 Å².